The Morgan fingerprint density at radius 3 is 2.15 bits per heavy atom. The van der Waals surface area contributed by atoms with Crippen molar-refractivity contribution in [1.29, 1.82) is 0 Å². The molecule has 3 amide bonds. The molecule has 1 aromatic carbocycles. The molecule has 12 heteroatoms. The Morgan fingerprint density at radius 2 is 1.67 bits per heavy atom. The third kappa shape index (κ3) is 7.26. The molecule has 0 spiro atoms. The fraction of sp³-hybridized carbons (Fsp3) is 0.571. The largest absolute Gasteiger partial charge is 0.495 e. The number of carbonyl (C=O) groups is 3. The van der Waals surface area contributed by atoms with E-state index in [9.17, 15) is 24.1 Å². The summed E-state index contributed by atoms with van der Waals surface area (Å²) in [5, 5.41) is 9.30. The van der Waals surface area contributed by atoms with E-state index in [4.69, 9.17) is 18.3 Å². The first-order valence-electron chi connectivity index (χ1n) is 10.2. The molecule has 1 fully saturated rings. The number of hydrogen-bond donors (Lipinski definition) is 1. The van der Waals surface area contributed by atoms with Crippen molar-refractivity contribution < 1.29 is 42.4 Å². The lowest BCUT2D eigenvalue weighted by molar-refractivity contribution is -0.131. The summed E-state index contributed by atoms with van der Waals surface area (Å²) in [6.07, 6.45) is -0.0693. The Hall–Kier alpha value is -2.46. The first kappa shape index (κ1) is 26.8. The van der Waals surface area contributed by atoms with Crippen LogP contribution in [-0.2, 0) is 22.9 Å². The first-order chi connectivity index (χ1) is 15.1. The van der Waals surface area contributed by atoms with Crippen molar-refractivity contribution in [3.05, 3.63) is 23.8 Å². The van der Waals surface area contributed by atoms with Gasteiger partial charge < -0.3 is 9.84 Å². The second-order valence-corrected chi connectivity index (χ2v) is 10.8. The van der Waals surface area contributed by atoms with Crippen molar-refractivity contribution in [2.24, 2.45) is 0 Å². The number of carboxylic acids is 1. The van der Waals surface area contributed by atoms with Crippen LogP contribution in [0, 0.1) is 0 Å². The van der Waals surface area contributed by atoms with E-state index in [0.29, 0.717) is 0 Å². The number of rotatable bonds is 8. The summed E-state index contributed by atoms with van der Waals surface area (Å²) in [5.41, 5.74) is -1.67. The van der Waals surface area contributed by atoms with Crippen LogP contribution in [0.1, 0.15) is 58.3 Å². The molecule has 1 aliphatic rings. The number of phosphoric ester groups is 1. The van der Waals surface area contributed by atoms with Gasteiger partial charge in [-0.3, -0.25) is 23.3 Å². The predicted octanol–water partition coefficient (Wildman–Crippen LogP) is 4.26. The maximum atomic E-state index is 13.3. The molecule has 0 radical (unpaired) electrons. The molecule has 184 valence electrons. The molecule has 0 bridgehead atoms. The lowest BCUT2D eigenvalue weighted by Crippen LogP contribution is -2.53. The van der Waals surface area contributed by atoms with Crippen molar-refractivity contribution in [2.75, 3.05) is 25.3 Å². The van der Waals surface area contributed by atoms with E-state index in [0.717, 1.165) is 4.90 Å². The SMILES string of the molecule is COc1ccc(C(=O)O)cc1N1CCC(=O)N(COP(=O)(OC(C)(C)C)OC(C)(C)C)C1=O. The van der Waals surface area contributed by atoms with E-state index in [2.05, 4.69) is 0 Å². The number of nitrogens with zero attached hydrogens (tertiary/aromatic N) is 2. The topological polar surface area (TPSA) is 132 Å². The van der Waals surface area contributed by atoms with Crippen LogP contribution in [-0.4, -0.2) is 59.5 Å². The van der Waals surface area contributed by atoms with Gasteiger partial charge in [0.1, 0.15) is 12.5 Å². The van der Waals surface area contributed by atoms with Crippen LogP contribution in [0.25, 0.3) is 0 Å². The van der Waals surface area contributed by atoms with Crippen molar-refractivity contribution >= 4 is 31.4 Å². The zero-order chi connectivity index (χ0) is 25.2. The number of imide groups is 1. The molecule has 1 saturated heterocycles. The van der Waals surface area contributed by atoms with Crippen molar-refractivity contribution in [3.63, 3.8) is 0 Å². The number of carboxylic acid groups (broad SMARTS) is 1. The third-order valence-corrected chi connectivity index (χ3v) is 6.12. The molecule has 1 N–H and O–H groups in total. The van der Waals surface area contributed by atoms with Gasteiger partial charge in [0.15, 0.2) is 0 Å². The highest BCUT2D eigenvalue weighted by Crippen LogP contribution is 2.55. The van der Waals surface area contributed by atoms with E-state index >= 15 is 0 Å². The maximum absolute atomic E-state index is 13.3. The third-order valence-electron chi connectivity index (χ3n) is 4.15. The molecule has 1 heterocycles. The minimum atomic E-state index is -4.18. The van der Waals surface area contributed by atoms with Gasteiger partial charge in [-0.25, -0.2) is 19.1 Å². The molecular weight excluding hydrogens is 455 g/mol. The minimum absolute atomic E-state index is 0.00222. The van der Waals surface area contributed by atoms with E-state index in [1.807, 2.05) is 0 Å². The highest BCUT2D eigenvalue weighted by molar-refractivity contribution is 7.48. The van der Waals surface area contributed by atoms with E-state index in [1.165, 1.54) is 30.2 Å². The molecule has 33 heavy (non-hydrogen) atoms. The van der Waals surface area contributed by atoms with Crippen molar-refractivity contribution in [2.45, 2.75) is 59.2 Å². The van der Waals surface area contributed by atoms with E-state index < -0.39 is 43.7 Å². The fourth-order valence-corrected chi connectivity index (χ4v) is 4.69. The maximum Gasteiger partial charge on any atom is 0.477 e. The number of hydrogen-bond acceptors (Lipinski definition) is 8. The summed E-state index contributed by atoms with van der Waals surface area (Å²) in [5.74, 6) is -1.48. The van der Waals surface area contributed by atoms with Crippen LogP contribution >= 0.6 is 7.82 Å². The Balaban J connectivity index is 2.31. The zero-order valence-electron chi connectivity index (χ0n) is 19.9. The van der Waals surface area contributed by atoms with Gasteiger partial charge in [-0.05, 0) is 59.7 Å². The number of carbonyl (C=O) groups excluding carboxylic acids is 2. The number of urea groups is 1. The molecule has 0 unspecified atom stereocenters. The summed E-state index contributed by atoms with van der Waals surface area (Å²) in [6.45, 7) is 9.29. The average Bonchev–Trinajstić information content (AvgIpc) is 2.64. The minimum Gasteiger partial charge on any atom is -0.495 e. The van der Waals surface area contributed by atoms with Crippen LogP contribution in [0.3, 0.4) is 0 Å². The monoisotopic (exact) mass is 486 g/mol. The lowest BCUT2D eigenvalue weighted by Gasteiger charge is -2.36. The van der Waals surface area contributed by atoms with Crippen molar-refractivity contribution in [3.8, 4) is 5.75 Å². The van der Waals surface area contributed by atoms with Gasteiger partial charge in [0, 0.05) is 13.0 Å². The number of methoxy groups -OCH3 is 1. The molecule has 1 aliphatic heterocycles. The standard InChI is InChI=1S/C21H31N2O9P/c1-20(2,3)31-33(28,32-21(4,5)6)30-13-23-17(24)10-11-22(19(23)27)15-12-14(18(25)26)8-9-16(15)29-7/h8-9,12H,10-11,13H2,1-7H3,(H,25,26). The fourth-order valence-electron chi connectivity index (χ4n) is 2.95. The van der Waals surface area contributed by atoms with Gasteiger partial charge >= 0.3 is 19.8 Å². The highest BCUT2D eigenvalue weighted by Gasteiger charge is 2.41. The summed E-state index contributed by atoms with van der Waals surface area (Å²) in [6, 6.07) is 3.26. The second kappa shape index (κ2) is 9.80. The number of ether oxygens (including phenoxy) is 1. The highest BCUT2D eigenvalue weighted by atomic mass is 31.2. The Bertz CT molecular complexity index is 945. The van der Waals surface area contributed by atoms with Crippen LogP contribution in [0.15, 0.2) is 18.2 Å². The molecule has 0 aliphatic carbocycles. The van der Waals surface area contributed by atoms with Crippen LogP contribution in [0.4, 0.5) is 10.5 Å². The van der Waals surface area contributed by atoms with Gasteiger partial charge in [0.2, 0.25) is 5.91 Å². The Labute approximate surface area is 193 Å². The molecule has 11 nitrogen and oxygen atoms in total. The van der Waals surface area contributed by atoms with Gasteiger partial charge in [0.05, 0.1) is 29.6 Å². The normalized spacial score (nSPS) is 15.7. The Morgan fingerprint density at radius 1 is 1.09 bits per heavy atom. The zero-order valence-corrected chi connectivity index (χ0v) is 20.8. The van der Waals surface area contributed by atoms with Gasteiger partial charge in [0.25, 0.3) is 0 Å². The number of amides is 3. The summed E-state index contributed by atoms with van der Waals surface area (Å²) >= 11 is 0. The van der Waals surface area contributed by atoms with Crippen molar-refractivity contribution in [1.82, 2.24) is 4.90 Å². The van der Waals surface area contributed by atoms with E-state index in [-0.39, 0.29) is 30.0 Å². The number of benzene rings is 1. The molecule has 0 aromatic heterocycles. The lowest BCUT2D eigenvalue weighted by atomic mass is 10.1. The summed E-state index contributed by atoms with van der Waals surface area (Å²) in [7, 11) is -2.80. The predicted molar refractivity (Wildman–Crippen MR) is 119 cm³/mol. The smallest absolute Gasteiger partial charge is 0.477 e. The Kier molecular flexibility index (Phi) is 7.96. The van der Waals surface area contributed by atoms with Crippen LogP contribution in [0.5, 0.6) is 5.75 Å². The van der Waals surface area contributed by atoms with E-state index in [1.54, 1.807) is 41.5 Å². The van der Waals surface area contributed by atoms with Crippen LogP contribution < -0.4 is 9.64 Å². The molecule has 0 saturated carbocycles. The number of anilines is 1. The quantitative estimate of drug-likeness (QED) is 0.535. The summed E-state index contributed by atoms with van der Waals surface area (Å²) in [4.78, 5) is 39.0. The molecule has 1 aromatic rings. The summed E-state index contributed by atoms with van der Waals surface area (Å²) < 4.78 is 35.0. The second-order valence-electron chi connectivity index (χ2n) is 9.31. The van der Waals surface area contributed by atoms with Gasteiger partial charge in [-0.15, -0.1) is 0 Å². The first-order valence-corrected chi connectivity index (χ1v) is 11.7. The van der Waals surface area contributed by atoms with Gasteiger partial charge in [-0.2, -0.15) is 0 Å². The molecule has 2 rings (SSSR count). The number of aromatic carboxylic acids is 1. The van der Waals surface area contributed by atoms with Crippen LogP contribution in [0.2, 0.25) is 0 Å². The van der Waals surface area contributed by atoms with Gasteiger partial charge in [-0.1, -0.05) is 0 Å². The molecular formula is C21H31N2O9P. The molecule has 0 atom stereocenters. The number of phosphoric acid groups is 1. The average molecular weight is 486 g/mol.